The number of Topliss-reactive ketones (excluding diaryl/α,β-unsaturated/α-hetero) is 2. The number of aliphatic hydroxyl groups excluding tert-OH is 1. The summed E-state index contributed by atoms with van der Waals surface area (Å²) in [5.41, 5.74) is -1.56. The van der Waals surface area contributed by atoms with Crippen molar-refractivity contribution in [3.63, 3.8) is 0 Å². The fourth-order valence-electron chi connectivity index (χ4n) is 7.20. The molecule has 130 valence electrons. The SMILES string of the molecule is C[C@]12CC[C@H]3[C@@H](CC[C@]45O[C@H]4C(=O)CC[C@]35C=O)[C@@H]1C[C@@H](O)C2=O. The van der Waals surface area contributed by atoms with E-state index in [1.54, 1.807) is 0 Å². The molecule has 0 aromatic heterocycles. The van der Waals surface area contributed by atoms with Crippen LogP contribution >= 0.6 is 0 Å². The molecule has 5 nitrogen and oxygen atoms in total. The van der Waals surface area contributed by atoms with Crippen molar-refractivity contribution in [2.75, 3.05) is 0 Å². The van der Waals surface area contributed by atoms with Crippen molar-refractivity contribution >= 4 is 17.9 Å². The summed E-state index contributed by atoms with van der Waals surface area (Å²) in [5, 5.41) is 10.1. The lowest BCUT2D eigenvalue weighted by molar-refractivity contribution is -0.151. The van der Waals surface area contributed by atoms with Crippen LogP contribution in [0.4, 0.5) is 0 Å². The van der Waals surface area contributed by atoms with E-state index in [1.165, 1.54) is 0 Å². The number of aldehydes is 1. The van der Waals surface area contributed by atoms with Gasteiger partial charge in [-0.15, -0.1) is 0 Å². The van der Waals surface area contributed by atoms with Gasteiger partial charge in [-0.2, -0.15) is 0 Å². The van der Waals surface area contributed by atoms with E-state index in [2.05, 4.69) is 0 Å². The highest BCUT2D eigenvalue weighted by Gasteiger charge is 2.78. The molecule has 0 aromatic carbocycles. The van der Waals surface area contributed by atoms with Gasteiger partial charge >= 0.3 is 0 Å². The van der Waals surface area contributed by atoms with Crippen molar-refractivity contribution in [3.8, 4) is 0 Å². The molecule has 1 N–H and O–H groups in total. The fourth-order valence-corrected chi connectivity index (χ4v) is 7.20. The van der Waals surface area contributed by atoms with Crippen LogP contribution in [0.1, 0.15) is 51.9 Å². The number of carbonyl (C=O) groups is 3. The van der Waals surface area contributed by atoms with Gasteiger partial charge in [0, 0.05) is 11.8 Å². The van der Waals surface area contributed by atoms with E-state index < -0.39 is 22.5 Å². The maximum Gasteiger partial charge on any atom is 0.167 e. The van der Waals surface area contributed by atoms with E-state index in [0.29, 0.717) is 19.3 Å². The van der Waals surface area contributed by atoms with E-state index in [0.717, 1.165) is 32.0 Å². The smallest absolute Gasteiger partial charge is 0.167 e. The predicted octanol–water partition coefficient (Wildman–Crippen LogP) is 1.45. The van der Waals surface area contributed by atoms with E-state index in [1.807, 2.05) is 6.92 Å². The molecule has 1 spiro atoms. The van der Waals surface area contributed by atoms with Gasteiger partial charge in [-0.3, -0.25) is 9.59 Å². The standard InChI is InChI=1S/C19H24O5/c1-17-5-3-11-10(12(17)8-14(22)15(17)23)2-7-19-16(24-19)13(21)4-6-18(11,19)9-20/h9-12,14,16,22H,2-8H2,1H3/t10-,11+,12+,14-,16+,17+,18+,19+/m1/s1. The summed E-state index contributed by atoms with van der Waals surface area (Å²) in [7, 11) is 0. The Balaban J connectivity index is 1.55. The zero-order chi connectivity index (χ0) is 16.9. The Morgan fingerprint density at radius 2 is 1.96 bits per heavy atom. The summed E-state index contributed by atoms with van der Waals surface area (Å²) >= 11 is 0. The van der Waals surface area contributed by atoms with Crippen LogP contribution < -0.4 is 0 Å². The van der Waals surface area contributed by atoms with Crippen molar-refractivity contribution in [1.82, 2.24) is 0 Å². The Bertz CT molecular complexity index is 658. The summed E-state index contributed by atoms with van der Waals surface area (Å²) in [6, 6.07) is 0. The molecule has 1 heterocycles. The number of rotatable bonds is 1. The average molecular weight is 332 g/mol. The van der Waals surface area contributed by atoms with E-state index >= 15 is 0 Å². The number of hydrogen-bond acceptors (Lipinski definition) is 5. The molecular weight excluding hydrogens is 308 g/mol. The molecule has 5 aliphatic rings. The first kappa shape index (κ1) is 15.2. The second-order valence-electron chi connectivity index (χ2n) is 9.00. The van der Waals surface area contributed by atoms with Gasteiger partial charge in [0.15, 0.2) is 11.6 Å². The van der Waals surface area contributed by atoms with Crippen molar-refractivity contribution in [2.24, 2.45) is 28.6 Å². The molecule has 4 aliphatic carbocycles. The van der Waals surface area contributed by atoms with Crippen LogP contribution in [-0.4, -0.2) is 40.8 Å². The minimum atomic E-state index is -0.848. The summed E-state index contributed by atoms with van der Waals surface area (Å²) in [4.78, 5) is 36.9. The first-order valence-electron chi connectivity index (χ1n) is 9.29. The van der Waals surface area contributed by atoms with E-state index in [9.17, 15) is 19.5 Å². The Morgan fingerprint density at radius 3 is 2.71 bits per heavy atom. The van der Waals surface area contributed by atoms with E-state index in [4.69, 9.17) is 4.74 Å². The third kappa shape index (κ3) is 1.44. The molecule has 5 fully saturated rings. The van der Waals surface area contributed by atoms with Gasteiger partial charge in [0.25, 0.3) is 0 Å². The third-order valence-corrected chi connectivity index (χ3v) is 8.45. The van der Waals surface area contributed by atoms with Gasteiger partial charge in [0.1, 0.15) is 24.1 Å². The zero-order valence-corrected chi connectivity index (χ0v) is 14.0. The second kappa shape index (κ2) is 4.36. The molecular formula is C19H24O5. The van der Waals surface area contributed by atoms with Gasteiger partial charge in [0.05, 0.1) is 5.41 Å². The number of aliphatic hydroxyl groups is 1. The Morgan fingerprint density at radius 1 is 1.17 bits per heavy atom. The number of epoxide rings is 1. The Labute approximate surface area is 141 Å². The highest BCUT2D eigenvalue weighted by Crippen LogP contribution is 2.71. The molecule has 0 radical (unpaired) electrons. The second-order valence-corrected chi connectivity index (χ2v) is 9.00. The molecule has 0 bridgehead atoms. The van der Waals surface area contributed by atoms with Gasteiger partial charge < -0.3 is 14.6 Å². The Hall–Kier alpha value is -1.07. The zero-order valence-electron chi connectivity index (χ0n) is 14.0. The van der Waals surface area contributed by atoms with Crippen LogP contribution in [0.5, 0.6) is 0 Å². The minimum Gasteiger partial charge on any atom is -0.385 e. The van der Waals surface area contributed by atoms with Crippen LogP contribution in [0.2, 0.25) is 0 Å². The number of hydrogen-bond donors (Lipinski definition) is 1. The first-order chi connectivity index (χ1) is 11.4. The van der Waals surface area contributed by atoms with Crippen LogP contribution in [0.15, 0.2) is 0 Å². The number of carbonyl (C=O) groups excluding carboxylic acids is 3. The summed E-state index contributed by atoms with van der Waals surface area (Å²) in [5.74, 6) is 0.753. The highest BCUT2D eigenvalue weighted by molar-refractivity contribution is 5.92. The monoisotopic (exact) mass is 332 g/mol. The van der Waals surface area contributed by atoms with Crippen molar-refractivity contribution in [2.45, 2.75) is 69.7 Å². The fraction of sp³-hybridized carbons (Fsp3) is 0.842. The van der Waals surface area contributed by atoms with Gasteiger partial charge in [-0.1, -0.05) is 6.92 Å². The van der Waals surface area contributed by atoms with Crippen molar-refractivity contribution in [1.29, 1.82) is 0 Å². The van der Waals surface area contributed by atoms with Gasteiger partial charge in [-0.05, 0) is 56.3 Å². The summed E-state index contributed by atoms with van der Waals surface area (Å²) < 4.78 is 5.91. The number of ether oxygens (including phenoxy) is 1. The van der Waals surface area contributed by atoms with Crippen LogP contribution in [0, 0.1) is 28.6 Å². The van der Waals surface area contributed by atoms with E-state index in [-0.39, 0.29) is 35.4 Å². The predicted molar refractivity (Wildman–Crippen MR) is 83.0 cm³/mol. The maximum absolute atomic E-state index is 12.5. The topological polar surface area (TPSA) is 84.0 Å². The molecule has 24 heavy (non-hydrogen) atoms. The largest absolute Gasteiger partial charge is 0.385 e. The first-order valence-corrected chi connectivity index (χ1v) is 9.29. The normalized spacial score (nSPS) is 58.3. The maximum atomic E-state index is 12.5. The molecule has 0 unspecified atom stereocenters. The molecule has 4 saturated carbocycles. The van der Waals surface area contributed by atoms with Gasteiger partial charge in [-0.25, -0.2) is 0 Å². The lowest BCUT2D eigenvalue weighted by Gasteiger charge is -2.57. The molecule has 0 aromatic rings. The van der Waals surface area contributed by atoms with Crippen LogP contribution in [0.3, 0.4) is 0 Å². The summed E-state index contributed by atoms with van der Waals surface area (Å²) in [6.07, 6.45) is 4.60. The van der Waals surface area contributed by atoms with Crippen molar-refractivity contribution in [3.05, 3.63) is 0 Å². The molecule has 1 saturated heterocycles. The Kier molecular flexibility index (Phi) is 2.76. The van der Waals surface area contributed by atoms with Gasteiger partial charge in [0.2, 0.25) is 0 Å². The van der Waals surface area contributed by atoms with Crippen LogP contribution in [-0.2, 0) is 19.1 Å². The van der Waals surface area contributed by atoms with Crippen LogP contribution in [0.25, 0.3) is 0 Å². The minimum absolute atomic E-state index is 0.00856. The molecule has 0 amide bonds. The molecule has 5 heteroatoms. The lowest BCUT2D eigenvalue weighted by atomic mass is 9.45. The highest BCUT2D eigenvalue weighted by atomic mass is 16.6. The lowest BCUT2D eigenvalue weighted by Crippen LogP contribution is -2.60. The third-order valence-electron chi connectivity index (χ3n) is 8.45. The molecule has 8 atom stereocenters. The number of ketones is 2. The number of fused-ring (bicyclic) bond motifs is 4. The quantitative estimate of drug-likeness (QED) is 0.580. The summed E-state index contributed by atoms with van der Waals surface area (Å²) in [6.45, 7) is 2.01. The molecule has 5 rings (SSSR count). The van der Waals surface area contributed by atoms with Crippen molar-refractivity contribution < 1.29 is 24.2 Å². The molecule has 1 aliphatic heterocycles. The average Bonchev–Trinajstić information content (AvgIpc) is 3.27.